The summed E-state index contributed by atoms with van der Waals surface area (Å²) in [6.45, 7) is 6.40. The first-order valence-electron chi connectivity index (χ1n) is 7.76. The van der Waals surface area contributed by atoms with E-state index in [1.165, 1.54) is 25.7 Å². The van der Waals surface area contributed by atoms with Gasteiger partial charge >= 0.3 is 0 Å². The van der Waals surface area contributed by atoms with Gasteiger partial charge in [0.25, 0.3) is 0 Å². The van der Waals surface area contributed by atoms with Crippen LogP contribution in [0.3, 0.4) is 0 Å². The number of anilines is 2. The van der Waals surface area contributed by atoms with E-state index >= 15 is 0 Å². The van der Waals surface area contributed by atoms with Crippen molar-refractivity contribution in [2.45, 2.75) is 65.3 Å². The van der Waals surface area contributed by atoms with E-state index in [1.807, 2.05) is 6.92 Å². The molecule has 0 spiro atoms. The number of nitrogens with one attached hydrogen (secondary N) is 2. The molecule has 1 atom stereocenters. The highest BCUT2D eigenvalue weighted by atomic mass is 15.3. The number of aryl methyl sites for hydroxylation is 1. The Bertz CT molecular complexity index is 440. The predicted molar refractivity (Wildman–Crippen MR) is 83.6 cm³/mol. The smallest absolute Gasteiger partial charge is 0.148 e. The lowest BCUT2D eigenvalue weighted by Gasteiger charge is -2.23. The zero-order chi connectivity index (χ0) is 14.5. The first-order chi connectivity index (χ1) is 9.65. The van der Waals surface area contributed by atoms with Gasteiger partial charge in [0, 0.05) is 18.0 Å². The highest BCUT2D eigenvalue weighted by molar-refractivity contribution is 5.57. The number of nitrogens with two attached hydrogens (primary N) is 1. The molecule has 1 aliphatic rings. The minimum Gasteiger partial charge on any atom is -0.367 e. The van der Waals surface area contributed by atoms with Crippen LogP contribution in [-0.4, -0.2) is 16.0 Å². The Morgan fingerprint density at radius 3 is 2.50 bits per heavy atom. The Labute approximate surface area is 121 Å². The molecule has 0 saturated heterocycles. The van der Waals surface area contributed by atoms with Crippen LogP contribution >= 0.6 is 0 Å². The summed E-state index contributed by atoms with van der Waals surface area (Å²) in [6, 6.07) is 0.450. The normalized spacial score (nSPS) is 17.2. The van der Waals surface area contributed by atoms with Gasteiger partial charge in [-0.15, -0.1) is 0 Å². The predicted octanol–water partition coefficient (Wildman–Crippen LogP) is 3.01. The van der Waals surface area contributed by atoms with Gasteiger partial charge in [0.05, 0.1) is 0 Å². The summed E-state index contributed by atoms with van der Waals surface area (Å²) in [5.41, 5.74) is 3.68. The SMILES string of the molecule is CCCc1nc(NN)c(C)c(NC(C)C2CCCC2)n1. The number of hydrogen-bond donors (Lipinski definition) is 3. The molecule has 0 aliphatic heterocycles. The quantitative estimate of drug-likeness (QED) is 0.550. The Balaban J connectivity index is 2.17. The lowest BCUT2D eigenvalue weighted by Crippen LogP contribution is -2.26. The highest BCUT2D eigenvalue weighted by Gasteiger charge is 2.22. The van der Waals surface area contributed by atoms with Crippen molar-refractivity contribution in [3.63, 3.8) is 0 Å². The number of rotatable bonds is 6. The molecule has 112 valence electrons. The van der Waals surface area contributed by atoms with Gasteiger partial charge in [-0.05, 0) is 39.0 Å². The number of aromatic nitrogens is 2. The van der Waals surface area contributed by atoms with Gasteiger partial charge in [-0.2, -0.15) is 0 Å². The van der Waals surface area contributed by atoms with Gasteiger partial charge in [0.2, 0.25) is 0 Å². The first-order valence-corrected chi connectivity index (χ1v) is 7.76. The van der Waals surface area contributed by atoms with Gasteiger partial charge in [-0.1, -0.05) is 19.8 Å². The van der Waals surface area contributed by atoms with Crippen molar-refractivity contribution in [2.24, 2.45) is 11.8 Å². The fourth-order valence-electron chi connectivity index (χ4n) is 2.97. The third-order valence-electron chi connectivity index (χ3n) is 4.27. The summed E-state index contributed by atoms with van der Waals surface area (Å²) in [5.74, 6) is 8.83. The second kappa shape index (κ2) is 6.88. The molecule has 1 aliphatic carbocycles. The molecule has 20 heavy (non-hydrogen) atoms. The van der Waals surface area contributed by atoms with E-state index in [2.05, 4.69) is 34.6 Å². The zero-order valence-electron chi connectivity index (χ0n) is 12.9. The van der Waals surface area contributed by atoms with E-state index in [1.54, 1.807) is 0 Å². The van der Waals surface area contributed by atoms with Crippen LogP contribution in [-0.2, 0) is 6.42 Å². The Kier molecular flexibility index (Phi) is 5.17. The van der Waals surface area contributed by atoms with Crippen molar-refractivity contribution in [1.29, 1.82) is 0 Å². The lowest BCUT2D eigenvalue weighted by atomic mass is 10.00. The second-order valence-electron chi connectivity index (χ2n) is 5.83. The van der Waals surface area contributed by atoms with Crippen molar-refractivity contribution in [2.75, 3.05) is 10.7 Å². The van der Waals surface area contributed by atoms with Crippen LogP contribution in [0.2, 0.25) is 0 Å². The van der Waals surface area contributed by atoms with E-state index in [4.69, 9.17) is 5.84 Å². The number of hydrazine groups is 1. The van der Waals surface area contributed by atoms with Crippen molar-refractivity contribution < 1.29 is 0 Å². The molecular weight excluding hydrogens is 250 g/mol. The number of hydrogen-bond acceptors (Lipinski definition) is 5. The van der Waals surface area contributed by atoms with Crippen LogP contribution in [0, 0.1) is 12.8 Å². The van der Waals surface area contributed by atoms with Crippen LogP contribution in [0.5, 0.6) is 0 Å². The fraction of sp³-hybridized carbons (Fsp3) is 0.733. The van der Waals surface area contributed by atoms with Crippen LogP contribution in [0.1, 0.15) is 57.3 Å². The van der Waals surface area contributed by atoms with Crippen LogP contribution in [0.4, 0.5) is 11.6 Å². The first kappa shape index (κ1) is 15.0. The van der Waals surface area contributed by atoms with Gasteiger partial charge < -0.3 is 10.7 Å². The van der Waals surface area contributed by atoms with Crippen LogP contribution in [0.15, 0.2) is 0 Å². The molecule has 1 saturated carbocycles. The molecule has 1 aromatic heterocycles. The molecule has 1 unspecified atom stereocenters. The second-order valence-corrected chi connectivity index (χ2v) is 5.83. The standard InChI is InChI=1S/C15H27N5/c1-4-7-13-18-14(10(2)15(19-13)20-16)17-11(3)12-8-5-6-9-12/h11-12H,4-9,16H2,1-3H3,(H2,17,18,19,20). The third kappa shape index (κ3) is 3.39. The van der Waals surface area contributed by atoms with E-state index in [0.717, 1.165) is 41.8 Å². The molecule has 5 nitrogen and oxygen atoms in total. The van der Waals surface area contributed by atoms with E-state index in [0.29, 0.717) is 6.04 Å². The van der Waals surface area contributed by atoms with Gasteiger partial charge in [-0.3, -0.25) is 0 Å². The number of nitrogen functional groups attached to an aromatic ring is 1. The van der Waals surface area contributed by atoms with E-state index in [9.17, 15) is 0 Å². The average molecular weight is 277 g/mol. The molecule has 2 rings (SSSR count). The summed E-state index contributed by atoms with van der Waals surface area (Å²) in [5, 5.41) is 3.58. The minimum absolute atomic E-state index is 0.450. The fourth-order valence-corrected chi connectivity index (χ4v) is 2.97. The molecule has 1 aromatic rings. The van der Waals surface area contributed by atoms with Gasteiger partial charge in [0.15, 0.2) is 0 Å². The lowest BCUT2D eigenvalue weighted by molar-refractivity contribution is 0.480. The average Bonchev–Trinajstić information content (AvgIpc) is 2.96. The van der Waals surface area contributed by atoms with E-state index < -0.39 is 0 Å². The highest BCUT2D eigenvalue weighted by Crippen LogP contribution is 2.30. The van der Waals surface area contributed by atoms with Gasteiger partial charge in [0.1, 0.15) is 17.5 Å². The van der Waals surface area contributed by atoms with Gasteiger partial charge in [-0.25, -0.2) is 15.8 Å². The molecule has 0 bridgehead atoms. The Hall–Kier alpha value is -1.36. The maximum atomic E-state index is 5.57. The molecule has 0 amide bonds. The summed E-state index contributed by atoms with van der Waals surface area (Å²) >= 11 is 0. The Morgan fingerprint density at radius 2 is 1.90 bits per heavy atom. The molecule has 4 N–H and O–H groups in total. The van der Waals surface area contributed by atoms with Crippen LogP contribution < -0.4 is 16.6 Å². The molecule has 0 radical (unpaired) electrons. The van der Waals surface area contributed by atoms with Crippen molar-refractivity contribution in [1.82, 2.24) is 9.97 Å². The van der Waals surface area contributed by atoms with Crippen LogP contribution in [0.25, 0.3) is 0 Å². The molecular formula is C15H27N5. The minimum atomic E-state index is 0.450. The summed E-state index contributed by atoms with van der Waals surface area (Å²) in [7, 11) is 0. The number of nitrogens with zero attached hydrogens (tertiary/aromatic N) is 2. The van der Waals surface area contributed by atoms with Crippen molar-refractivity contribution in [3.05, 3.63) is 11.4 Å². The van der Waals surface area contributed by atoms with Crippen molar-refractivity contribution in [3.8, 4) is 0 Å². The zero-order valence-corrected chi connectivity index (χ0v) is 12.9. The molecule has 0 aromatic carbocycles. The summed E-state index contributed by atoms with van der Waals surface area (Å²) in [6.07, 6.45) is 7.27. The Morgan fingerprint density at radius 1 is 1.25 bits per heavy atom. The maximum absolute atomic E-state index is 5.57. The monoisotopic (exact) mass is 277 g/mol. The summed E-state index contributed by atoms with van der Waals surface area (Å²) in [4.78, 5) is 9.12. The molecule has 5 heteroatoms. The molecule has 1 fully saturated rings. The summed E-state index contributed by atoms with van der Waals surface area (Å²) < 4.78 is 0. The largest absolute Gasteiger partial charge is 0.367 e. The molecule has 1 heterocycles. The van der Waals surface area contributed by atoms with E-state index in [-0.39, 0.29) is 0 Å². The van der Waals surface area contributed by atoms with Crippen molar-refractivity contribution >= 4 is 11.6 Å². The topological polar surface area (TPSA) is 75.9 Å². The third-order valence-corrected chi connectivity index (χ3v) is 4.27. The maximum Gasteiger partial charge on any atom is 0.148 e.